The van der Waals surface area contributed by atoms with Crippen LogP contribution < -0.4 is 5.32 Å². The zero-order chi connectivity index (χ0) is 21.6. The van der Waals surface area contributed by atoms with Gasteiger partial charge in [0.05, 0.1) is 0 Å². The van der Waals surface area contributed by atoms with E-state index in [-0.39, 0.29) is 11.3 Å². The quantitative estimate of drug-likeness (QED) is 0.445. The molecule has 29 heavy (non-hydrogen) atoms. The first-order chi connectivity index (χ1) is 13.4. The molecule has 154 valence electrons. The van der Waals surface area contributed by atoms with E-state index < -0.39 is 36.2 Å². The number of hydrogen-bond donors (Lipinski definition) is 1. The Labute approximate surface area is 159 Å². The van der Waals surface area contributed by atoms with E-state index in [1.165, 1.54) is 24.5 Å². The van der Waals surface area contributed by atoms with Crippen LogP contribution in [0.4, 0.5) is 46.9 Å². The van der Waals surface area contributed by atoms with Gasteiger partial charge in [0.25, 0.3) is 5.69 Å². The number of rotatable bonds is 3. The third kappa shape index (κ3) is 3.38. The summed E-state index contributed by atoms with van der Waals surface area (Å²) >= 11 is 0. The minimum atomic E-state index is -6.23. The number of hydrazine groups is 1. The zero-order valence-corrected chi connectivity index (χ0v) is 14.4. The van der Waals surface area contributed by atoms with Gasteiger partial charge < -0.3 is 5.32 Å². The highest BCUT2D eigenvalue weighted by atomic mass is 19.4. The first kappa shape index (κ1) is 20.6. The van der Waals surface area contributed by atoms with Gasteiger partial charge in [-0.15, -0.1) is 0 Å². The van der Waals surface area contributed by atoms with Crippen LogP contribution in [0.2, 0.25) is 0 Å². The molecule has 2 amide bonds. The van der Waals surface area contributed by atoms with Crippen LogP contribution in [0.25, 0.3) is 0 Å². The van der Waals surface area contributed by atoms with E-state index in [2.05, 4.69) is 17.0 Å². The highest BCUT2D eigenvalue weighted by Crippen LogP contribution is 2.53. The van der Waals surface area contributed by atoms with Gasteiger partial charge in [-0.1, -0.05) is 15.8 Å². The van der Waals surface area contributed by atoms with Crippen molar-refractivity contribution in [1.29, 1.82) is 0 Å². The number of carbonyl (C=O) groups excluding carboxylic acids is 1. The van der Waals surface area contributed by atoms with E-state index in [0.29, 0.717) is 17.8 Å². The first-order valence-corrected chi connectivity index (χ1v) is 7.91. The molecular formula is C17H12F7N4O+. The Morgan fingerprint density at radius 1 is 1.07 bits per heavy atom. The molecule has 1 N–H and O–H groups in total. The third-order valence-corrected chi connectivity index (χ3v) is 4.32. The number of carbonyl (C=O) groups is 1. The molecule has 1 aliphatic heterocycles. The van der Waals surface area contributed by atoms with Crippen LogP contribution in [0, 0.1) is 0 Å². The summed E-state index contributed by atoms with van der Waals surface area (Å²) in [6.45, 7) is 3.18. The van der Waals surface area contributed by atoms with Gasteiger partial charge in [0.15, 0.2) is 6.72 Å². The topological polar surface area (TPSA) is 48.2 Å². The zero-order valence-electron chi connectivity index (χ0n) is 14.4. The maximum absolute atomic E-state index is 14.3. The predicted octanol–water partition coefficient (Wildman–Crippen LogP) is 4.68. The van der Waals surface area contributed by atoms with Crippen molar-refractivity contribution in [2.24, 2.45) is 0 Å². The van der Waals surface area contributed by atoms with E-state index in [0.717, 1.165) is 15.8 Å². The summed E-state index contributed by atoms with van der Waals surface area (Å²) in [4.78, 5) is 16.1. The molecule has 1 aromatic heterocycles. The van der Waals surface area contributed by atoms with Crippen molar-refractivity contribution in [3.63, 3.8) is 0 Å². The molecule has 2 aromatic rings. The maximum atomic E-state index is 14.3. The number of fused-ring (bicyclic) bond motifs is 1. The fourth-order valence-corrected chi connectivity index (χ4v) is 2.80. The summed E-state index contributed by atoms with van der Waals surface area (Å²) in [5, 5.41) is 3.24. The lowest BCUT2D eigenvalue weighted by Crippen LogP contribution is -2.50. The minimum Gasteiger partial charge on any atom is -0.303 e. The van der Waals surface area contributed by atoms with Crippen molar-refractivity contribution in [3.8, 4) is 0 Å². The number of halogens is 7. The van der Waals surface area contributed by atoms with Gasteiger partial charge in [-0.2, -0.15) is 26.3 Å². The lowest BCUT2D eigenvalue weighted by atomic mass is 9.91. The Kier molecular flexibility index (Phi) is 4.75. The van der Waals surface area contributed by atoms with Gasteiger partial charge in [-0.3, -0.25) is 4.98 Å². The average molecular weight is 421 g/mol. The molecule has 0 fully saturated rings. The van der Waals surface area contributed by atoms with Gasteiger partial charge in [0, 0.05) is 29.1 Å². The number of benzene rings is 1. The molecule has 3 rings (SSSR count). The summed E-state index contributed by atoms with van der Waals surface area (Å²) in [7, 11) is 0. The fourth-order valence-electron chi connectivity index (χ4n) is 2.80. The molecule has 1 aromatic carbocycles. The lowest BCUT2D eigenvalue weighted by molar-refractivity contribution is -0.595. The van der Waals surface area contributed by atoms with E-state index >= 15 is 0 Å². The van der Waals surface area contributed by atoms with Crippen molar-refractivity contribution in [2.75, 3.05) is 5.32 Å². The van der Waals surface area contributed by atoms with Gasteiger partial charge in [0.2, 0.25) is 0 Å². The highest BCUT2D eigenvalue weighted by Gasteiger charge is 2.73. The first-order valence-electron chi connectivity index (χ1n) is 7.91. The number of pyridine rings is 1. The van der Waals surface area contributed by atoms with E-state index in [1.807, 2.05) is 0 Å². The molecule has 0 bridgehead atoms. The summed E-state index contributed by atoms with van der Waals surface area (Å²) in [6, 6.07) is 3.90. The molecule has 0 unspecified atom stereocenters. The highest BCUT2D eigenvalue weighted by molar-refractivity contribution is 5.91. The molecule has 5 nitrogen and oxygen atoms in total. The Morgan fingerprint density at radius 2 is 1.72 bits per heavy atom. The van der Waals surface area contributed by atoms with Crippen LogP contribution in [-0.4, -0.2) is 39.8 Å². The van der Waals surface area contributed by atoms with E-state index in [4.69, 9.17) is 0 Å². The summed E-state index contributed by atoms with van der Waals surface area (Å²) in [6.07, 6.45) is -9.67. The SMILES string of the molecule is C=[N+](c1cccnc1)N1Cc2cc(C(F)(C(F)(F)F)C(F)(F)F)ccc2NC1=O. The lowest BCUT2D eigenvalue weighted by Gasteiger charge is -2.32. The third-order valence-electron chi connectivity index (χ3n) is 4.32. The number of aromatic nitrogens is 1. The van der Waals surface area contributed by atoms with Crippen LogP contribution in [0.15, 0.2) is 42.7 Å². The summed E-state index contributed by atoms with van der Waals surface area (Å²) < 4.78 is 93.4. The maximum Gasteiger partial charge on any atom is 0.435 e. The van der Waals surface area contributed by atoms with Crippen molar-refractivity contribution in [2.45, 2.75) is 24.6 Å². The number of nitrogens with one attached hydrogen (secondary N) is 1. The van der Waals surface area contributed by atoms with Crippen LogP contribution in [0.3, 0.4) is 0 Å². The average Bonchev–Trinajstić information content (AvgIpc) is 2.64. The summed E-state index contributed by atoms with van der Waals surface area (Å²) in [5.41, 5.74) is -7.07. The minimum absolute atomic E-state index is 0.0405. The van der Waals surface area contributed by atoms with Gasteiger partial charge in [-0.05, 0) is 18.2 Å². The Balaban J connectivity index is 2.02. The number of amides is 2. The fraction of sp³-hybridized carbons (Fsp3) is 0.235. The second-order valence-electron chi connectivity index (χ2n) is 6.12. The molecule has 0 aliphatic carbocycles. The molecule has 0 spiro atoms. The van der Waals surface area contributed by atoms with Crippen LogP contribution >= 0.6 is 0 Å². The molecular weight excluding hydrogens is 409 g/mol. The normalized spacial score (nSPS) is 15.0. The number of nitrogens with zero attached hydrogens (tertiary/aromatic N) is 3. The van der Waals surface area contributed by atoms with Crippen LogP contribution in [0.5, 0.6) is 0 Å². The number of hydrogen-bond acceptors (Lipinski definition) is 2. The smallest absolute Gasteiger partial charge is 0.303 e. The predicted molar refractivity (Wildman–Crippen MR) is 87.2 cm³/mol. The number of anilines is 1. The number of hydrazone groups is 1. The van der Waals surface area contributed by atoms with Crippen LogP contribution in [-0.2, 0) is 12.2 Å². The number of urea groups is 1. The molecule has 12 heteroatoms. The largest absolute Gasteiger partial charge is 0.435 e. The summed E-state index contributed by atoms with van der Waals surface area (Å²) in [5.74, 6) is 0. The molecule has 2 heterocycles. The van der Waals surface area contributed by atoms with Crippen molar-refractivity contribution in [1.82, 2.24) is 9.99 Å². The van der Waals surface area contributed by atoms with Gasteiger partial charge in [0.1, 0.15) is 12.7 Å². The number of alkyl halides is 7. The Hall–Kier alpha value is -3.18. The molecule has 0 saturated heterocycles. The second-order valence-corrected chi connectivity index (χ2v) is 6.12. The van der Waals surface area contributed by atoms with E-state index in [1.54, 1.807) is 0 Å². The van der Waals surface area contributed by atoms with Crippen molar-refractivity contribution >= 4 is 24.1 Å². The van der Waals surface area contributed by atoms with E-state index in [9.17, 15) is 35.5 Å². The van der Waals surface area contributed by atoms with Crippen LogP contribution in [0.1, 0.15) is 11.1 Å². The second kappa shape index (κ2) is 6.71. The Bertz CT molecular complexity index is 942. The molecule has 0 saturated carbocycles. The molecule has 0 radical (unpaired) electrons. The monoisotopic (exact) mass is 421 g/mol. The van der Waals surface area contributed by atoms with Crippen molar-refractivity contribution < 1.29 is 40.2 Å². The Morgan fingerprint density at radius 3 is 2.28 bits per heavy atom. The molecule has 0 atom stereocenters. The van der Waals surface area contributed by atoms with Gasteiger partial charge >= 0.3 is 24.1 Å². The molecule has 1 aliphatic rings. The van der Waals surface area contributed by atoms with Gasteiger partial charge in [-0.25, -0.2) is 9.18 Å². The standard InChI is InChI=1S/C17H11F7N4O/c1-27(12-3-2-6-25-8-12)28-9-10-7-11(4-5-13(10)26-14(28)29)15(18,16(19,20)21)17(22,23)24/h2-8H,1,9H2/p+1. The van der Waals surface area contributed by atoms with Crippen molar-refractivity contribution in [3.05, 3.63) is 53.9 Å².